The van der Waals surface area contributed by atoms with Crippen molar-refractivity contribution in [3.05, 3.63) is 52.7 Å². The molecule has 0 spiro atoms. The summed E-state index contributed by atoms with van der Waals surface area (Å²) in [6, 6.07) is 6.00. The first-order chi connectivity index (χ1) is 7.83. The molecule has 0 unspecified atom stereocenters. The predicted molar refractivity (Wildman–Crippen MR) is 72.6 cm³/mol. The van der Waals surface area contributed by atoms with Crippen LogP contribution < -0.4 is 0 Å². The van der Waals surface area contributed by atoms with Crippen LogP contribution in [-0.2, 0) is 6.42 Å². The number of rotatable bonds is 2. The average Bonchev–Trinajstić information content (AvgIpc) is 2.90. The topological polar surface area (TPSA) is 41.8 Å². The number of furan rings is 1. The van der Waals surface area contributed by atoms with Crippen molar-refractivity contribution in [1.29, 1.82) is 0 Å². The molecule has 0 aliphatic carbocycles. The van der Waals surface area contributed by atoms with Crippen LogP contribution in [0.5, 0.6) is 0 Å². The molecule has 0 aliphatic rings. The highest BCUT2D eigenvalue weighted by atomic mass is 79.9. The summed E-state index contributed by atoms with van der Waals surface area (Å²) in [6.07, 6.45) is 6.14. The first-order valence-electron chi connectivity index (χ1n) is 4.97. The van der Waals surface area contributed by atoms with E-state index in [0.29, 0.717) is 0 Å². The molecule has 0 amide bonds. The van der Waals surface area contributed by atoms with Gasteiger partial charge >= 0.3 is 0 Å². The van der Waals surface area contributed by atoms with E-state index in [2.05, 4.69) is 32.0 Å². The summed E-state index contributed by atoms with van der Waals surface area (Å²) in [7, 11) is 0. The van der Waals surface area contributed by atoms with Gasteiger partial charge in [0.25, 0.3) is 0 Å². The molecule has 0 bridgehead atoms. The lowest BCUT2D eigenvalue weighted by atomic mass is 10.1. The van der Waals surface area contributed by atoms with Crippen molar-refractivity contribution < 1.29 is 4.42 Å². The Kier molecular flexibility index (Phi) is 3.54. The van der Waals surface area contributed by atoms with Gasteiger partial charge in [0, 0.05) is 34.2 Å². The molecule has 5 heteroatoms. The van der Waals surface area contributed by atoms with Crippen molar-refractivity contribution in [3.63, 3.8) is 0 Å². The van der Waals surface area contributed by atoms with Gasteiger partial charge in [-0.2, -0.15) is 0 Å². The normalized spacial score (nSPS) is 10.4. The first-order valence-corrected chi connectivity index (χ1v) is 5.76. The molecule has 1 aromatic carbocycles. The number of hydrogen-bond donors (Lipinski definition) is 1. The molecule has 2 aromatic heterocycles. The minimum absolute atomic E-state index is 0. The number of H-pyrrole nitrogens is 1. The van der Waals surface area contributed by atoms with Crippen molar-refractivity contribution in [2.24, 2.45) is 0 Å². The summed E-state index contributed by atoms with van der Waals surface area (Å²) in [5.74, 6) is 0.947. The van der Waals surface area contributed by atoms with Gasteiger partial charge in [0.05, 0.1) is 6.26 Å². The fourth-order valence-corrected chi connectivity index (χ4v) is 2.13. The minimum Gasteiger partial charge on any atom is -0.464 e. The standard InChI is InChI=1S/C12H9BrN2O.ClH/c13-9-1-2-11-10(6-9)8(7-16-11)5-12-14-3-4-15-12;/h1-4,6-7H,5H2,(H,14,15);1H. The Morgan fingerprint density at radius 2 is 2.24 bits per heavy atom. The number of imidazole rings is 1. The third kappa shape index (κ3) is 2.37. The molecule has 0 fully saturated rings. The Morgan fingerprint density at radius 3 is 3.00 bits per heavy atom. The van der Waals surface area contributed by atoms with Gasteiger partial charge in [-0.15, -0.1) is 12.4 Å². The van der Waals surface area contributed by atoms with Gasteiger partial charge in [0.2, 0.25) is 0 Å². The highest BCUT2D eigenvalue weighted by molar-refractivity contribution is 9.10. The number of aromatic nitrogens is 2. The van der Waals surface area contributed by atoms with E-state index in [1.807, 2.05) is 18.3 Å². The highest BCUT2D eigenvalue weighted by Crippen LogP contribution is 2.25. The van der Waals surface area contributed by atoms with E-state index in [4.69, 9.17) is 4.42 Å². The van der Waals surface area contributed by atoms with Gasteiger partial charge < -0.3 is 9.40 Å². The molecule has 0 radical (unpaired) electrons. The molecule has 88 valence electrons. The highest BCUT2D eigenvalue weighted by Gasteiger charge is 2.07. The van der Waals surface area contributed by atoms with Crippen LogP contribution >= 0.6 is 28.3 Å². The van der Waals surface area contributed by atoms with Crippen LogP contribution in [0.3, 0.4) is 0 Å². The molecule has 0 saturated heterocycles. The largest absolute Gasteiger partial charge is 0.464 e. The van der Waals surface area contributed by atoms with Crippen LogP contribution in [-0.4, -0.2) is 9.97 Å². The second kappa shape index (κ2) is 4.94. The van der Waals surface area contributed by atoms with E-state index >= 15 is 0 Å². The number of benzene rings is 1. The molecule has 0 atom stereocenters. The SMILES string of the molecule is Brc1ccc2occ(Cc3ncc[nH]3)c2c1.Cl. The van der Waals surface area contributed by atoms with Gasteiger partial charge in [-0.3, -0.25) is 0 Å². The third-order valence-corrected chi connectivity index (χ3v) is 3.02. The Bertz CT molecular complexity index is 619. The van der Waals surface area contributed by atoms with E-state index in [9.17, 15) is 0 Å². The lowest BCUT2D eigenvalue weighted by molar-refractivity contribution is 0.611. The van der Waals surface area contributed by atoms with Crippen LogP contribution in [0.15, 0.2) is 45.7 Å². The number of nitrogens with one attached hydrogen (secondary N) is 1. The quantitative estimate of drug-likeness (QED) is 0.779. The van der Waals surface area contributed by atoms with Crippen molar-refractivity contribution in [3.8, 4) is 0 Å². The maximum atomic E-state index is 5.49. The minimum atomic E-state index is 0. The molecule has 3 rings (SSSR count). The first kappa shape index (κ1) is 12.2. The summed E-state index contributed by atoms with van der Waals surface area (Å²) < 4.78 is 6.55. The van der Waals surface area contributed by atoms with Crippen molar-refractivity contribution >= 4 is 39.3 Å². The lowest BCUT2D eigenvalue weighted by Gasteiger charge is -1.95. The van der Waals surface area contributed by atoms with E-state index in [0.717, 1.165) is 33.3 Å². The van der Waals surface area contributed by atoms with E-state index < -0.39 is 0 Å². The van der Waals surface area contributed by atoms with Gasteiger partial charge in [0.15, 0.2) is 0 Å². The van der Waals surface area contributed by atoms with Crippen LogP contribution in [0.4, 0.5) is 0 Å². The van der Waals surface area contributed by atoms with Crippen molar-refractivity contribution in [2.75, 3.05) is 0 Å². The summed E-state index contributed by atoms with van der Waals surface area (Å²) in [5, 5.41) is 1.13. The van der Waals surface area contributed by atoms with Gasteiger partial charge in [-0.1, -0.05) is 15.9 Å². The third-order valence-electron chi connectivity index (χ3n) is 2.53. The zero-order valence-electron chi connectivity index (χ0n) is 8.81. The summed E-state index contributed by atoms with van der Waals surface area (Å²) in [5.41, 5.74) is 2.05. The monoisotopic (exact) mass is 312 g/mol. The number of aromatic amines is 1. The molecule has 0 aliphatic heterocycles. The number of nitrogens with zero attached hydrogens (tertiary/aromatic N) is 1. The van der Waals surface area contributed by atoms with Crippen LogP contribution in [0.1, 0.15) is 11.4 Å². The summed E-state index contributed by atoms with van der Waals surface area (Å²) >= 11 is 3.46. The van der Waals surface area contributed by atoms with Crippen LogP contribution in [0.25, 0.3) is 11.0 Å². The van der Waals surface area contributed by atoms with E-state index in [-0.39, 0.29) is 12.4 Å². The van der Waals surface area contributed by atoms with Crippen molar-refractivity contribution in [2.45, 2.75) is 6.42 Å². The Morgan fingerprint density at radius 1 is 1.35 bits per heavy atom. The number of halogens is 2. The fourth-order valence-electron chi connectivity index (χ4n) is 1.77. The Balaban J connectivity index is 0.00000108. The number of hydrogen-bond acceptors (Lipinski definition) is 2. The molecule has 3 nitrogen and oxygen atoms in total. The summed E-state index contributed by atoms with van der Waals surface area (Å²) in [4.78, 5) is 7.30. The zero-order valence-corrected chi connectivity index (χ0v) is 11.2. The van der Waals surface area contributed by atoms with E-state index in [1.165, 1.54) is 0 Å². The molecule has 2 heterocycles. The van der Waals surface area contributed by atoms with E-state index in [1.54, 1.807) is 12.5 Å². The predicted octanol–water partition coefficient (Wildman–Crippen LogP) is 3.93. The molecular formula is C12H10BrClN2O. The zero-order chi connectivity index (χ0) is 11.0. The smallest absolute Gasteiger partial charge is 0.134 e. The van der Waals surface area contributed by atoms with Crippen molar-refractivity contribution in [1.82, 2.24) is 9.97 Å². The molecular weight excluding hydrogens is 304 g/mol. The van der Waals surface area contributed by atoms with Gasteiger partial charge in [-0.25, -0.2) is 4.98 Å². The second-order valence-electron chi connectivity index (χ2n) is 3.61. The second-order valence-corrected chi connectivity index (χ2v) is 4.53. The average molecular weight is 314 g/mol. The van der Waals surface area contributed by atoms with Crippen LogP contribution in [0, 0.1) is 0 Å². The van der Waals surface area contributed by atoms with Gasteiger partial charge in [0.1, 0.15) is 11.4 Å². The molecule has 0 saturated carbocycles. The molecule has 17 heavy (non-hydrogen) atoms. The number of fused-ring (bicyclic) bond motifs is 1. The molecule has 3 aromatic rings. The Labute approximate surface area is 113 Å². The molecule has 1 N–H and O–H groups in total. The van der Waals surface area contributed by atoms with Crippen LogP contribution in [0.2, 0.25) is 0 Å². The maximum Gasteiger partial charge on any atom is 0.134 e. The summed E-state index contributed by atoms with van der Waals surface area (Å²) in [6.45, 7) is 0. The fraction of sp³-hybridized carbons (Fsp3) is 0.0833. The maximum absolute atomic E-state index is 5.49. The lowest BCUT2D eigenvalue weighted by Crippen LogP contribution is -1.88. The van der Waals surface area contributed by atoms with Gasteiger partial charge in [-0.05, 0) is 18.2 Å². The Hall–Kier alpha value is -1.26.